The fourth-order valence-corrected chi connectivity index (χ4v) is 3.47. The molecule has 6 nitrogen and oxygen atoms in total. The number of primary sulfonamides is 1. The van der Waals surface area contributed by atoms with Gasteiger partial charge in [0.2, 0.25) is 15.9 Å². The van der Waals surface area contributed by atoms with Crippen molar-refractivity contribution in [3.63, 3.8) is 0 Å². The Kier molecular flexibility index (Phi) is 4.00. The van der Waals surface area contributed by atoms with Crippen LogP contribution in [0.25, 0.3) is 0 Å². The van der Waals surface area contributed by atoms with E-state index in [9.17, 15) is 13.2 Å². The fraction of sp³-hybridized carbons (Fsp3) is 0.500. The van der Waals surface area contributed by atoms with Crippen LogP contribution in [0.2, 0.25) is 0 Å². The lowest BCUT2D eigenvalue weighted by Gasteiger charge is -2.09. The van der Waals surface area contributed by atoms with E-state index in [1.165, 1.54) is 6.07 Å². The van der Waals surface area contributed by atoms with Crippen molar-refractivity contribution in [1.82, 2.24) is 5.32 Å². The predicted octanol–water partition coefficient (Wildman–Crippen LogP) is -0.157. The molecule has 0 spiro atoms. The third-order valence-electron chi connectivity index (χ3n) is 2.55. The molecular formula is C10H14N2O4S2. The second-order valence-electron chi connectivity index (χ2n) is 4.07. The SMILES string of the molecule is NS(=O)(=O)c1ccc(CC(=O)NC2CCOC2)s1. The van der Waals surface area contributed by atoms with Gasteiger partial charge in [0.15, 0.2) is 0 Å². The lowest BCUT2D eigenvalue weighted by atomic mass is 10.2. The van der Waals surface area contributed by atoms with Crippen LogP contribution in [0, 0.1) is 0 Å². The van der Waals surface area contributed by atoms with Crippen molar-refractivity contribution in [2.75, 3.05) is 13.2 Å². The summed E-state index contributed by atoms with van der Waals surface area (Å²) in [6.07, 6.45) is 0.981. The van der Waals surface area contributed by atoms with Crippen LogP contribution in [0.1, 0.15) is 11.3 Å². The van der Waals surface area contributed by atoms with E-state index >= 15 is 0 Å². The number of ether oxygens (including phenoxy) is 1. The number of carbonyl (C=O) groups excluding carboxylic acids is 1. The summed E-state index contributed by atoms with van der Waals surface area (Å²) in [5, 5.41) is 7.84. The van der Waals surface area contributed by atoms with Crippen LogP contribution >= 0.6 is 11.3 Å². The number of nitrogens with one attached hydrogen (secondary N) is 1. The van der Waals surface area contributed by atoms with Crippen LogP contribution in [0.4, 0.5) is 0 Å². The highest BCUT2D eigenvalue weighted by Gasteiger charge is 2.19. The fourth-order valence-electron chi connectivity index (χ4n) is 1.69. The summed E-state index contributed by atoms with van der Waals surface area (Å²) >= 11 is 1.02. The molecule has 3 N–H and O–H groups in total. The molecule has 0 aromatic carbocycles. The topological polar surface area (TPSA) is 98.5 Å². The van der Waals surface area contributed by atoms with Crippen LogP contribution in [0.15, 0.2) is 16.3 Å². The summed E-state index contributed by atoms with van der Waals surface area (Å²) in [6.45, 7) is 1.21. The van der Waals surface area contributed by atoms with Gasteiger partial charge in [-0.3, -0.25) is 4.79 Å². The van der Waals surface area contributed by atoms with E-state index in [1.54, 1.807) is 6.07 Å². The first-order valence-corrected chi connectivity index (χ1v) is 7.80. The maximum absolute atomic E-state index is 11.7. The minimum absolute atomic E-state index is 0.0650. The van der Waals surface area contributed by atoms with Gasteiger partial charge in [0.05, 0.1) is 19.1 Å². The van der Waals surface area contributed by atoms with E-state index in [2.05, 4.69) is 5.32 Å². The number of hydrogen-bond acceptors (Lipinski definition) is 5. The normalized spacial score (nSPS) is 19.9. The van der Waals surface area contributed by atoms with Crippen molar-refractivity contribution in [3.8, 4) is 0 Å². The Morgan fingerprint density at radius 2 is 2.33 bits per heavy atom. The molecule has 1 aliphatic heterocycles. The summed E-state index contributed by atoms with van der Waals surface area (Å²) in [5.74, 6) is -0.131. The van der Waals surface area contributed by atoms with Gasteiger partial charge in [-0.15, -0.1) is 11.3 Å². The zero-order valence-corrected chi connectivity index (χ0v) is 11.2. The summed E-state index contributed by atoms with van der Waals surface area (Å²) < 4.78 is 27.4. The number of amides is 1. The van der Waals surface area contributed by atoms with Crippen molar-refractivity contribution in [2.45, 2.75) is 23.1 Å². The number of hydrogen-bond donors (Lipinski definition) is 2. The molecule has 8 heteroatoms. The molecule has 1 saturated heterocycles. The first-order valence-electron chi connectivity index (χ1n) is 5.44. The summed E-state index contributed by atoms with van der Waals surface area (Å²) in [5.41, 5.74) is 0. The monoisotopic (exact) mass is 290 g/mol. The number of rotatable bonds is 4. The average molecular weight is 290 g/mol. The van der Waals surface area contributed by atoms with Gasteiger partial charge in [0.1, 0.15) is 4.21 Å². The van der Waals surface area contributed by atoms with Gasteiger partial charge in [-0.05, 0) is 18.6 Å². The van der Waals surface area contributed by atoms with Gasteiger partial charge in [-0.2, -0.15) is 0 Å². The predicted molar refractivity (Wildman–Crippen MR) is 66.8 cm³/mol. The highest BCUT2D eigenvalue weighted by molar-refractivity contribution is 7.91. The van der Waals surface area contributed by atoms with Crippen LogP contribution in [0.3, 0.4) is 0 Å². The number of thiophene rings is 1. The lowest BCUT2D eigenvalue weighted by Crippen LogP contribution is -2.35. The van der Waals surface area contributed by atoms with Gasteiger partial charge in [-0.1, -0.05) is 0 Å². The van der Waals surface area contributed by atoms with Gasteiger partial charge < -0.3 is 10.1 Å². The Morgan fingerprint density at radius 3 is 2.89 bits per heavy atom. The van der Waals surface area contributed by atoms with Crippen LogP contribution in [-0.2, 0) is 26.0 Å². The van der Waals surface area contributed by atoms with E-state index in [4.69, 9.17) is 9.88 Å². The molecule has 0 saturated carbocycles. The van der Waals surface area contributed by atoms with Gasteiger partial charge in [-0.25, -0.2) is 13.6 Å². The lowest BCUT2D eigenvalue weighted by molar-refractivity contribution is -0.121. The third-order valence-corrected chi connectivity index (χ3v) is 5.07. The molecule has 1 atom stereocenters. The third kappa shape index (κ3) is 3.52. The summed E-state index contributed by atoms with van der Waals surface area (Å²) in [6, 6.07) is 3.09. The Hall–Kier alpha value is -0.960. The number of nitrogens with two attached hydrogens (primary N) is 1. The van der Waals surface area contributed by atoms with E-state index in [-0.39, 0.29) is 22.6 Å². The summed E-state index contributed by atoms with van der Waals surface area (Å²) in [7, 11) is -3.67. The van der Waals surface area contributed by atoms with E-state index in [0.29, 0.717) is 18.1 Å². The van der Waals surface area contributed by atoms with Gasteiger partial charge in [0.25, 0.3) is 0 Å². The molecular weight excluding hydrogens is 276 g/mol. The molecule has 1 fully saturated rings. The second kappa shape index (κ2) is 5.35. The molecule has 1 aliphatic rings. The Bertz CT molecular complexity index is 532. The van der Waals surface area contributed by atoms with Crippen LogP contribution < -0.4 is 10.5 Å². The van der Waals surface area contributed by atoms with Gasteiger partial charge >= 0.3 is 0 Å². The van der Waals surface area contributed by atoms with Crippen molar-refractivity contribution in [3.05, 3.63) is 17.0 Å². The number of carbonyl (C=O) groups is 1. The van der Waals surface area contributed by atoms with E-state index in [0.717, 1.165) is 17.8 Å². The molecule has 18 heavy (non-hydrogen) atoms. The Labute approximate surface area is 109 Å². The van der Waals surface area contributed by atoms with Crippen LogP contribution in [-0.4, -0.2) is 33.6 Å². The molecule has 2 rings (SSSR count). The van der Waals surface area contributed by atoms with Crippen molar-refractivity contribution >= 4 is 27.3 Å². The first kappa shape index (κ1) is 13.5. The number of sulfonamides is 1. The summed E-state index contributed by atoms with van der Waals surface area (Å²) in [4.78, 5) is 12.4. The first-order chi connectivity index (χ1) is 8.45. The average Bonchev–Trinajstić information content (AvgIpc) is 2.87. The van der Waals surface area contributed by atoms with E-state index in [1.807, 2.05) is 0 Å². The zero-order valence-electron chi connectivity index (χ0n) is 9.59. The molecule has 1 aromatic rings. The Morgan fingerprint density at radius 1 is 1.56 bits per heavy atom. The smallest absolute Gasteiger partial charge is 0.247 e. The molecule has 1 amide bonds. The molecule has 0 bridgehead atoms. The van der Waals surface area contributed by atoms with Crippen molar-refractivity contribution in [2.24, 2.45) is 5.14 Å². The highest BCUT2D eigenvalue weighted by Crippen LogP contribution is 2.20. The molecule has 0 radical (unpaired) electrons. The van der Waals surface area contributed by atoms with Crippen LogP contribution in [0.5, 0.6) is 0 Å². The largest absolute Gasteiger partial charge is 0.379 e. The molecule has 1 aromatic heterocycles. The van der Waals surface area contributed by atoms with Crippen molar-refractivity contribution < 1.29 is 17.9 Å². The maximum Gasteiger partial charge on any atom is 0.247 e. The highest BCUT2D eigenvalue weighted by atomic mass is 32.2. The quantitative estimate of drug-likeness (QED) is 0.805. The van der Waals surface area contributed by atoms with Crippen molar-refractivity contribution in [1.29, 1.82) is 0 Å². The standard InChI is InChI=1S/C10H14N2O4S2/c11-18(14,15)10-2-1-8(17-10)5-9(13)12-7-3-4-16-6-7/h1-2,7H,3-6H2,(H,12,13)(H2,11,14,15). The maximum atomic E-state index is 11.7. The van der Waals surface area contributed by atoms with E-state index < -0.39 is 10.0 Å². The minimum Gasteiger partial charge on any atom is -0.379 e. The molecule has 2 heterocycles. The molecule has 100 valence electrons. The minimum atomic E-state index is -3.67. The second-order valence-corrected chi connectivity index (χ2v) is 7.03. The molecule has 1 unspecified atom stereocenters. The Balaban J connectivity index is 1.92. The molecule has 0 aliphatic carbocycles. The zero-order chi connectivity index (χ0) is 13.2. The van der Waals surface area contributed by atoms with Gasteiger partial charge in [0, 0.05) is 11.5 Å².